The Bertz CT molecular complexity index is 249. The van der Waals surface area contributed by atoms with E-state index in [2.05, 4.69) is 5.10 Å². The molecule has 0 atom stereocenters. The van der Waals surface area contributed by atoms with E-state index < -0.39 is 0 Å². The smallest absolute Gasteiger partial charge is 0.179 e. The summed E-state index contributed by atoms with van der Waals surface area (Å²) in [7, 11) is 1.86. The van der Waals surface area contributed by atoms with E-state index in [0.29, 0.717) is 0 Å². The second kappa shape index (κ2) is 2.81. The van der Waals surface area contributed by atoms with Crippen molar-refractivity contribution in [3.05, 3.63) is 3.95 Å². The van der Waals surface area contributed by atoms with Gasteiger partial charge in [0.15, 0.2) is 8.29 Å². The molecule has 0 aliphatic heterocycles. The molecule has 0 fully saturated rings. The Kier molecular flexibility index (Phi) is 2.26. The van der Waals surface area contributed by atoms with E-state index in [1.165, 1.54) is 0 Å². The average molecular weight is 178 g/mol. The molecule has 50 valence electrons. The Hall–Kier alpha value is 0.130. The fraction of sp³-hybridized carbons (Fsp3) is 0.500. The zero-order chi connectivity index (χ0) is 6.85. The van der Waals surface area contributed by atoms with Gasteiger partial charge in [-0.2, -0.15) is 5.10 Å². The lowest BCUT2D eigenvalue weighted by Crippen LogP contribution is -1.88. The normalized spacial score (nSPS) is 10.0. The van der Waals surface area contributed by atoms with Gasteiger partial charge in [0.05, 0.1) is 0 Å². The topological polar surface area (TPSA) is 17.8 Å². The van der Waals surface area contributed by atoms with E-state index in [1.807, 2.05) is 13.3 Å². The lowest BCUT2D eigenvalue weighted by Gasteiger charge is -1.81. The monoisotopic (exact) mass is 178 g/mol. The Labute approximate surface area is 66.9 Å². The van der Waals surface area contributed by atoms with Gasteiger partial charge < -0.3 is 0 Å². The standard InChI is InChI=1S/C4H6N2S3/c1-6-4(7)9-3(5-6)8-2/h1-2H3. The van der Waals surface area contributed by atoms with E-state index in [1.54, 1.807) is 27.8 Å². The van der Waals surface area contributed by atoms with Crippen LogP contribution in [0.3, 0.4) is 0 Å². The maximum atomic E-state index is 4.95. The molecule has 0 bridgehead atoms. The maximum absolute atomic E-state index is 4.95. The number of nitrogens with zero attached hydrogens (tertiary/aromatic N) is 2. The molecule has 0 unspecified atom stereocenters. The highest BCUT2D eigenvalue weighted by Gasteiger charge is 1.95. The molecular weight excluding hydrogens is 172 g/mol. The van der Waals surface area contributed by atoms with Crippen molar-refractivity contribution in [1.82, 2.24) is 9.78 Å². The predicted octanol–water partition coefficient (Wildman–Crippen LogP) is 1.93. The molecule has 0 spiro atoms. The van der Waals surface area contributed by atoms with E-state index in [0.717, 1.165) is 8.29 Å². The van der Waals surface area contributed by atoms with Crippen molar-refractivity contribution in [2.45, 2.75) is 4.34 Å². The third kappa shape index (κ3) is 1.53. The van der Waals surface area contributed by atoms with Gasteiger partial charge in [0.25, 0.3) is 0 Å². The van der Waals surface area contributed by atoms with Crippen molar-refractivity contribution in [2.24, 2.45) is 7.05 Å². The van der Waals surface area contributed by atoms with Gasteiger partial charge in [-0.3, -0.25) is 0 Å². The number of aryl methyl sites for hydroxylation is 1. The fourth-order valence-electron chi connectivity index (χ4n) is 0.407. The Balaban J connectivity index is 3.13. The Morgan fingerprint density at radius 1 is 1.78 bits per heavy atom. The largest absolute Gasteiger partial charge is 0.247 e. The van der Waals surface area contributed by atoms with Crippen LogP contribution in [0.5, 0.6) is 0 Å². The van der Waals surface area contributed by atoms with Gasteiger partial charge in [0, 0.05) is 7.05 Å². The molecule has 1 aromatic rings. The van der Waals surface area contributed by atoms with Crippen LogP contribution in [-0.4, -0.2) is 16.0 Å². The summed E-state index contributed by atoms with van der Waals surface area (Å²) in [5.74, 6) is 0. The summed E-state index contributed by atoms with van der Waals surface area (Å²) in [4.78, 5) is 0. The van der Waals surface area contributed by atoms with Crippen molar-refractivity contribution < 1.29 is 0 Å². The summed E-state index contributed by atoms with van der Waals surface area (Å²) in [6.07, 6.45) is 1.99. The third-order valence-corrected chi connectivity index (χ3v) is 3.24. The van der Waals surface area contributed by atoms with Gasteiger partial charge in [-0.15, -0.1) is 0 Å². The first kappa shape index (κ1) is 7.24. The summed E-state index contributed by atoms with van der Waals surface area (Å²) >= 11 is 8.11. The number of hydrogen-bond donors (Lipinski definition) is 0. The highest BCUT2D eigenvalue weighted by molar-refractivity contribution is 8.00. The first-order valence-electron chi connectivity index (χ1n) is 2.32. The molecule has 9 heavy (non-hydrogen) atoms. The minimum Gasteiger partial charge on any atom is -0.247 e. The van der Waals surface area contributed by atoms with Crippen LogP contribution in [0.4, 0.5) is 0 Å². The van der Waals surface area contributed by atoms with E-state index >= 15 is 0 Å². The second-order valence-electron chi connectivity index (χ2n) is 1.46. The predicted molar refractivity (Wildman–Crippen MR) is 43.7 cm³/mol. The summed E-state index contributed by atoms with van der Waals surface area (Å²) in [5, 5.41) is 4.12. The van der Waals surface area contributed by atoms with Gasteiger partial charge in [-0.25, -0.2) is 4.68 Å². The van der Waals surface area contributed by atoms with Crippen LogP contribution in [0, 0.1) is 3.95 Å². The zero-order valence-electron chi connectivity index (χ0n) is 5.12. The lowest BCUT2D eigenvalue weighted by molar-refractivity contribution is 0.730. The Morgan fingerprint density at radius 2 is 2.44 bits per heavy atom. The third-order valence-electron chi connectivity index (χ3n) is 0.845. The summed E-state index contributed by atoms with van der Waals surface area (Å²) < 4.78 is 3.58. The summed E-state index contributed by atoms with van der Waals surface area (Å²) in [6, 6.07) is 0. The van der Waals surface area contributed by atoms with E-state index in [9.17, 15) is 0 Å². The summed E-state index contributed by atoms with van der Waals surface area (Å²) in [5.41, 5.74) is 0. The van der Waals surface area contributed by atoms with Crippen molar-refractivity contribution in [1.29, 1.82) is 0 Å². The second-order valence-corrected chi connectivity index (χ2v) is 4.14. The quantitative estimate of drug-likeness (QED) is 0.483. The minimum absolute atomic E-state index is 0.833. The highest BCUT2D eigenvalue weighted by Crippen LogP contribution is 2.17. The molecule has 0 N–H and O–H groups in total. The van der Waals surface area contributed by atoms with E-state index in [-0.39, 0.29) is 0 Å². The van der Waals surface area contributed by atoms with Crippen LogP contribution >= 0.6 is 35.3 Å². The molecule has 0 amide bonds. The van der Waals surface area contributed by atoms with Crippen molar-refractivity contribution in [2.75, 3.05) is 6.26 Å². The molecule has 0 aliphatic rings. The summed E-state index contributed by atoms with van der Waals surface area (Å²) in [6.45, 7) is 0. The fourth-order valence-corrected chi connectivity index (χ4v) is 2.10. The first-order chi connectivity index (χ1) is 4.24. The van der Waals surface area contributed by atoms with Gasteiger partial charge in [-0.05, 0) is 18.5 Å². The molecule has 1 heterocycles. The molecule has 1 aromatic heterocycles. The molecule has 0 saturated heterocycles. The SMILES string of the molecule is CSc1nn(C)c(=S)s1. The van der Waals surface area contributed by atoms with Crippen molar-refractivity contribution in [3.63, 3.8) is 0 Å². The van der Waals surface area contributed by atoms with Crippen molar-refractivity contribution in [3.8, 4) is 0 Å². The molecule has 0 radical (unpaired) electrons. The van der Waals surface area contributed by atoms with Gasteiger partial charge in [-0.1, -0.05) is 23.1 Å². The van der Waals surface area contributed by atoms with Crippen LogP contribution in [0.2, 0.25) is 0 Å². The molecular formula is C4H6N2S3. The number of rotatable bonds is 1. The van der Waals surface area contributed by atoms with E-state index in [4.69, 9.17) is 12.2 Å². The molecule has 0 saturated carbocycles. The Morgan fingerprint density at radius 3 is 2.67 bits per heavy atom. The van der Waals surface area contributed by atoms with Crippen LogP contribution < -0.4 is 0 Å². The highest BCUT2D eigenvalue weighted by atomic mass is 32.2. The molecule has 5 heteroatoms. The lowest BCUT2D eigenvalue weighted by atomic mass is 11.3. The first-order valence-corrected chi connectivity index (χ1v) is 4.77. The molecule has 0 aromatic carbocycles. The molecule has 0 aliphatic carbocycles. The van der Waals surface area contributed by atoms with Crippen LogP contribution in [0.15, 0.2) is 4.34 Å². The number of hydrogen-bond acceptors (Lipinski definition) is 4. The zero-order valence-corrected chi connectivity index (χ0v) is 7.57. The number of thioether (sulfide) groups is 1. The van der Waals surface area contributed by atoms with Gasteiger partial charge in [0.1, 0.15) is 0 Å². The minimum atomic E-state index is 0.833. The van der Waals surface area contributed by atoms with Crippen LogP contribution in [-0.2, 0) is 7.05 Å². The van der Waals surface area contributed by atoms with Gasteiger partial charge in [0.2, 0.25) is 0 Å². The number of aromatic nitrogens is 2. The van der Waals surface area contributed by atoms with Gasteiger partial charge >= 0.3 is 0 Å². The molecule has 1 rings (SSSR count). The van der Waals surface area contributed by atoms with Crippen molar-refractivity contribution >= 4 is 35.3 Å². The molecule has 2 nitrogen and oxygen atoms in total. The maximum Gasteiger partial charge on any atom is 0.179 e. The average Bonchev–Trinajstić information content (AvgIpc) is 2.13. The van der Waals surface area contributed by atoms with Crippen LogP contribution in [0.25, 0.3) is 0 Å². The van der Waals surface area contributed by atoms with Crippen LogP contribution in [0.1, 0.15) is 0 Å².